The highest BCUT2D eigenvalue weighted by molar-refractivity contribution is 5.89. The Hall–Kier alpha value is -2.15. The van der Waals surface area contributed by atoms with Gasteiger partial charge in [0, 0.05) is 24.8 Å². The molecule has 3 N–H and O–H groups in total. The van der Waals surface area contributed by atoms with Crippen molar-refractivity contribution in [3.8, 4) is 0 Å². The standard InChI is InChI=1S/C14H19FN4O2/c1-16-8-13(20)19-7-6-12(9-19)18-14(21)17-11-4-2-10(15)3-5-11/h2-5,12,16H,6-9H2,1H3,(H2,17,18,21). The van der Waals surface area contributed by atoms with Gasteiger partial charge in [-0.25, -0.2) is 9.18 Å². The van der Waals surface area contributed by atoms with Gasteiger partial charge in [0.05, 0.1) is 6.54 Å². The number of halogens is 1. The summed E-state index contributed by atoms with van der Waals surface area (Å²) in [6, 6.07) is 5.13. The molecule has 7 heteroatoms. The van der Waals surface area contributed by atoms with Crippen molar-refractivity contribution in [2.75, 3.05) is 32.0 Å². The highest BCUT2D eigenvalue weighted by atomic mass is 19.1. The second kappa shape index (κ2) is 7.03. The van der Waals surface area contributed by atoms with E-state index in [0.29, 0.717) is 25.3 Å². The topological polar surface area (TPSA) is 73.5 Å². The van der Waals surface area contributed by atoms with E-state index in [2.05, 4.69) is 16.0 Å². The lowest BCUT2D eigenvalue weighted by molar-refractivity contribution is -0.129. The van der Waals surface area contributed by atoms with Crippen molar-refractivity contribution in [1.29, 1.82) is 0 Å². The van der Waals surface area contributed by atoms with Gasteiger partial charge in [-0.15, -0.1) is 0 Å². The van der Waals surface area contributed by atoms with Gasteiger partial charge >= 0.3 is 6.03 Å². The largest absolute Gasteiger partial charge is 0.339 e. The Kier molecular flexibility index (Phi) is 5.10. The van der Waals surface area contributed by atoms with Gasteiger partial charge in [-0.2, -0.15) is 0 Å². The molecule has 21 heavy (non-hydrogen) atoms. The third-order valence-corrected chi connectivity index (χ3v) is 3.31. The predicted molar refractivity (Wildman–Crippen MR) is 77.5 cm³/mol. The van der Waals surface area contributed by atoms with Crippen LogP contribution < -0.4 is 16.0 Å². The summed E-state index contributed by atoms with van der Waals surface area (Å²) in [7, 11) is 1.72. The molecule has 0 radical (unpaired) electrons. The SMILES string of the molecule is CNCC(=O)N1CCC(NC(=O)Nc2ccc(F)cc2)C1. The van der Waals surface area contributed by atoms with E-state index < -0.39 is 0 Å². The van der Waals surface area contributed by atoms with E-state index in [1.165, 1.54) is 24.3 Å². The zero-order chi connectivity index (χ0) is 15.2. The summed E-state index contributed by atoms with van der Waals surface area (Å²) in [5.74, 6) is -0.323. The third kappa shape index (κ3) is 4.42. The summed E-state index contributed by atoms with van der Waals surface area (Å²) in [6.07, 6.45) is 0.728. The number of carbonyl (C=O) groups is 2. The number of hydrogen-bond acceptors (Lipinski definition) is 3. The van der Waals surface area contributed by atoms with Crippen LogP contribution in [0.1, 0.15) is 6.42 Å². The predicted octanol–water partition coefficient (Wildman–Crippen LogP) is 0.767. The minimum atomic E-state index is -0.352. The van der Waals surface area contributed by atoms with E-state index in [-0.39, 0.29) is 23.8 Å². The maximum absolute atomic E-state index is 12.8. The highest BCUT2D eigenvalue weighted by Gasteiger charge is 2.26. The number of anilines is 1. The van der Waals surface area contributed by atoms with Crippen LogP contribution >= 0.6 is 0 Å². The van der Waals surface area contributed by atoms with E-state index in [4.69, 9.17) is 0 Å². The monoisotopic (exact) mass is 294 g/mol. The second-order valence-electron chi connectivity index (χ2n) is 4.96. The van der Waals surface area contributed by atoms with Gasteiger partial charge in [0.2, 0.25) is 5.91 Å². The number of benzene rings is 1. The Morgan fingerprint density at radius 1 is 1.33 bits per heavy atom. The molecular weight excluding hydrogens is 275 g/mol. The molecular formula is C14H19FN4O2. The normalized spacial score (nSPS) is 17.6. The molecule has 1 saturated heterocycles. The van der Waals surface area contributed by atoms with Gasteiger partial charge in [-0.1, -0.05) is 0 Å². The fourth-order valence-electron chi connectivity index (χ4n) is 2.25. The minimum Gasteiger partial charge on any atom is -0.339 e. The van der Waals surface area contributed by atoms with Crippen LogP contribution in [0.3, 0.4) is 0 Å². The molecule has 1 aliphatic heterocycles. The van der Waals surface area contributed by atoms with Crippen molar-refractivity contribution >= 4 is 17.6 Å². The molecule has 6 nitrogen and oxygen atoms in total. The fourth-order valence-corrected chi connectivity index (χ4v) is 2.25. The Balaban J connectivity index is 1.78. The molecule has 1 unspecified atom stereocenters. The Morgan fingerprint density at radius 3 is 2.71 bits per heavy atom. The Labute approximate surface area is 122 Å². The van der Waals surface area contributed by atoms with Crippen LogP contribution in [0.15, 0.2) is 24.3 Å². The molecule has 0 bridgehead atoms. The van der Waals surface area contributed by atoms with Crippen LogP contribution in [-0.2, 0) is 4.79 Å². The number of nitrogens with zero attached hydrogens (tertiary/aromatic N) is 1. The van der Waals surface area contributed by atoms with Crippen LogP contribution in [-0.4, -0.2) is 49.6 Å². The van der Waals surface area contributed by atoms with Crippen molar-refractivity contribution in [3.05, 3.63) is 30.1 Å². The molecule has 1 aromatic rings. The van der Waals surface area contributed by atoms with E-state index in [0.717, 1.165) is 6.42 Å². The van der Waals surface area contributed by atoms with Crippen LogP contribution in [0.5, 0.6) is 0 Å². The first-order chi connectivity index (χ1) is 10.1. The number of amides is 3. The molecule has 2 rings (SSSR count). The lowest BCUT2D eigenvalue weighted by Crippen LogP contribution is -2.42. The minimum absolute atomic E-state index is 0.0285. The molecule has 1 fully saturated rings. The average molecular weight is 294 g/mol. The van der Waals surface area contributed by atoms with Gasteiger partial charge in [0.15, 0.2) is 0 Å². The summed E-state index contributed by atoms with van der Waals surface area (Å²) in [5, 5.41) is 8.26. The van der Waals surface area contributed by atoms with Crippen LogP contribution in [0, 0.1) is 5.82 Å². The molecule has 114 valence electrons. The fraction of sp³-hybridized carbons (Fsp3) is 0.429. The smallest absolute Gasteiger partial charge is 0.319 e. The second-order valence-corrected chi connectivity index (χ2v) is 4.96. The summed E-state index contributed by atoms with van der Waals surface area (Å²) >= 11 is 0. The molecule has 1 aliphatic rings. The highest BCUT2D eigenvalue weighted by Crippen LogP contribution is 2.11. The van der Waals surface area contributed by atoms with Crippen LogP contribution in [0.2, 0.25) is 0 Å². The van der Waals surface area contributed by atoms with E-state index in [1.807, 2.05) is 0 Å². The van der Waals surface area contributed by atoms with Gasteiger partial charge < -0.3 is 20.9 Å². The van der Waals surface area contributed by atoms with Gasteiger partial charge in [0.25, 0.3) is 0 Å². The third-order valence-electron chi connectivity index (χ3n) is 3.31. The lowest BCUT2D eigenvalue weighted by Gasteiger charge is -2.17. The van der Waals surface area contributed by atoms with Gasteiger partial charge in [0.1, 0.15) is 5.82 Å². The first kappa shape index (κ1) is 15.2. The van der Waals surface area contributed by atoms with Crippen molar-refractivity contribution in [2.24, 2.45) is 0 Å². The quantitative estimate of drug-likeness (QED) is 0.768. The summed E-state index contributed by atoms with van der Waals surface area (Å²) in [4.78, 5) is 25.2. The maximum atomic E-state index is 12.8. The summed E-state index contributed by atoms with van der Waals surface area (Å²) in [6.45, 7) is 1.45. The zero-order valence-electron chi connectivity index (χ0n) is 11.9. The Bertz CT molecular complexity index is 506. The Morgan fingerprint density at radius 2 is 2.05 bits per heavy atom. The maximum Gasteiger partial charge on any atom is 0.319 e. The summed E-state index contributed by atoms with van der Waals surface area (Å²) < 4.78 is 12.8. The molecule has 3 amide bonds. The lowest BCUT2D eigenvalue weighted by atomic mass is 10.3. The van der Waals surface area contributed by atoms with Crippen molar-refractivity contribution in [1.82, 2.24) is 15.5 Å². The molecule has 0 aromatic heterocycles. The van der Waals surface area contributed by atoms with E-state index >= 15 is 0 Å². The first-order valence-electron chi connectivity index (χ1n) is 6.84. The van der Waals surface area contributed by atoms with Crippen LogP contribution in [0.25, 0.3) is 0 Å². The van der Waals surface area contributed by atoms with Crippen LogP contribution in [0.4, 0.5) is 14.9 Å². The van der Waals surface area contributed by atoms with Gasteiger partial charge in [-0.3, -0.25) is 4.79 Å². The van der Waals surface area contributed by atoms with Crippen molar-refractivity contribution in [2.45, 2.75) is 12.5 Å². The molecule has 0 spiro atoms. The zero-order valence-corrected chi connectivity index (χ0v) is 11.9. The van der Waals surface area contributed by atoms with Gasteiger partial charge in [-0.05, 0) is 37.7 Å². The molecule has 1 atom stereocenters. The summed E-state index contributed by atoms with van der Waals surface area (Å²) in [5.41, 5.74) is 0.523. The number of hydrogen-bond donors (Lipinski definition) is 3. The van der Waals surface area contributed by atoms with Crippen molar-refractivity contribution < 1.29 is 14.0 Å². The number of likely N-dealkylation sites (tertiary alicyclic amines) is 1. The number of rotatable bonds is 4. The average Bonchev–Trinajstić information content (AvgIpc) is 2.90. The van der Waals surface area contributed by atoms with E-state index in [1.54, 1.807) is 11.9 Å². The first-order valence-corrected chi connectivity index (χ1v) is 6.84. The van der Waals surface area contributed by atoms with E-state index in [9.17, 15) is 14.0 Å². The number of likely N-dealkylation sites (N-methyl/N-ethyl adjacent to an activating group) is 1. The molecule has 0 saturated carbocycles. The molecule has 1 aromatic carbocycles. The number of carbonyl (C=O) groups excluding carboxylic acids is 2. The van der Waals surface area contributed by atoms with Crippen molar-refractivity contribution in [3.63, 3.8) is 0 Å². The number of nitrogens with one attached hydrogen (secondary N) is 3. The molecule has 1 heterocycles. The molecule has 0 aliphatic carbocycles. The number of urea groups is 1.